The molecule has 0 unspecified atom stereocenters. The van der Waals surface area contributed by atoms with Crippen molar-refractivity contribution in [2.24, 2.45) is 0 Å². The van der Waals surface area contributed by atoms with Gasteiger partial charge in [0.2, 0.25) is 0 Å². The van der Waals surface area contributed by atoms with E-state index >= 15 is 0 Å². The quantitative estimate of drug-likeness (QED) is 0.406. The lowest BCUT2D eigenvalue weighted by Crippen LogP contribution is -2.44. The van der Waals surface area contributed by atoms with Gasteiger partial charge in [-0.05, 0) is 29.8 Å². The molecular formula is C19H15F2N7O2S. The molecule has 2 amide bonds. The Morgan fingerprint density at radius 3 is 2.65 bits per heavy atom. The Bertz CT molecular complexity index is 1250. The van der Waals surface area contributed by atoms with E-state index in [0.717, 1.165) is 21.3 Å². The summed E-state index contributed by atoms with van der Waals surface area (Å²) in [6.45, 7) is 0.409. The molecule has 4 N–H and O–H groups in total. The molecule has 0 atom stereocenters. The van der Waals surface area contributed by atoms with Crippen LogP contribution in [-0.4, -0.2) is 38.2 Å². The molecule has 4 aromatic rings. The fourth-order valence-corrected chi connectivity index (χ4v) is 3.58. The Hall–Kier alpha value is -3.93. The number of rotatable bonds is 5. The maximum Gasteiger partial charge on any atom is 0.317 e. The van der Waals surface area contributed by atoms with Gasteiger partial charge in [-0.1, -0.05) is 34.7 Å². The molecule has 0 aliphatic heterocycles. The summed E-state index contributed by atoms with van der Waals surface area (Å²) in [5, 5.41) is 8.83. The van der Waals surface area contributed by atoms with Crippen LogP contribution in [0.1, 0.15) is 15.9 Å². The van der Waals surface area contributed by atoms with Gasteiger partial charge < -0.3 is 5.73 Å². The minimum atomic E-state index is -3.21. The second kappa shape index (κ2) is 8.44. The van der Waals surface area contributed by atoms with E-state index in [2.05, 4.69) is 15.3 Å². The lowest BCUT2D eigenvalue weighted by Gasteiger charge is -2.07. The van der Waals surface area contributed by atoms with E-state index < -0.39 is 18.2 Å². The molecule has 0 bridgehead atoms. The first kappa shape index (κ1) is 20.3. The predicted molar refractivity (Wildman–Crippen MR) is 110 cm³/mol. The Balaban J connectivity index is 1.41. The summed E-state index contributed by atoms with van der Waals surface area (Å²) in [6.07, 6.45) is -1.41. The minimum absolute atomic E-state index is 0.203. The molecule has 0 spiro atoms. The Labute approximate surface area is 177 Å². The van der Waals surface area contributed by atoms with Crippen molar-refractivity contribution in [3.05, 3.63) is 59.8 Å². The SMILES string of the molecule is Nc1nc2ccc(-c3cn(Cc4ccc(C(=O)NNC(=O)C(F)F)cc4)nn3)cc2s1. The second-order valence-electron chi connectivity index (χ2n) is 6.48. The monoisotopic (exact) mass is 443 g/mol. The summed E-state index contributed by atoms with van der Waals surface area (Å²) in [4.78, 5) is 26.9. The fraction of sp³-hybridized carbons (Fsp3) is 0.105. The summed E-state index contributed by atoms with van der Waals surface area (Å²) in [6, 6.07) is 12.1. The molecule has 0 aliphatic rings. The summed E-state index contributed by atoms with van der Waals surface area (Å²) >= 11 is 1.40. The van der Waals surface area contributed by atoms with Gasteiger partial charge in [0, 0.05) is 11.1 Å². The van der Waals surface area contributed by atoms with Crippen LogP contribution < -0.4 is 16.6 Å². The third-order valence-corrected chi connectivity index (χ3v) is 5.14. The van der Waals surface area contributed by atoms with Gasteiger partial charge in [-0.15, -0.1) is 5.10 Å². The van der Waals surface area contributed by atoms with Crippen LogP contribution in [0.5, 0.6) is 0 Å². The summed E-state index contributed by atoms with van der Waals surface area (Å²) in [5.74, 6) is -2.28. The highest BCUT2D eigenvalue weighted by Crippen LogP contribution is 2.28. The number of carbonyl (C=O) groups is 2. The highest BCUT2D eigenvalue weighted by molar-refractivity contribution is 7.22. The maximum absolute atomic E-state index is 12.1. The van der Waals surface area contributed by atoms with Crippen molar-refractivity contribution in [3.8, 4) is 11.3 Å². The number of anilines is 1. The van der Waals surface area contributed by atoms with Gasteiger partial charge in [-0.2, -0.15) is 8.78 Å². The number of hydrazine groups is 1. The Morgan fingerprint density at radius 2 is 1.90 bits per heavy atom. The highest BCUT2D eigenvalue weighted by Gasteiger charge is 2.16. The van der Waals surface area contributed by atoms with Gasteiger partial charge >= 0.3 is 12.3 Å². The van der Waals surface area contributed by atoms with Crippen molar-refractivity contribution in [1.82, 2.24) is 30.8 Å². The number of benzene rings is 2. The van der Waals surface area contributed by atoms with Crippen molar-refractivity contribution in [1.29, 1.82) is 0 Å². The summed E-state index contributed by atoms with van der Waals surface area (Å²) in [5.41, 5.74) is 12.8. The number of halogens is 2. The van der Waals surface area contributed by atoms with Crippen LogP contribution in [0.2, 0.25) is 0 Å². The first-order chi connectivity index (χ1) is 14.9. The maximum atomic E-state index is 12.1. The number of nitrogens with one attached hydrogen (secondary N) is 2. The van der Waals surface area contributed by atoms with Crippen molar-refractivity contribution < 1.29 is 18.4 Å². The number of hydrogen-bond acceptors (Lipinski definition) is 7. The number of alkyl halides is 2. The zero-order valence-corrected chi connectivity index (χ0v) is 16.6. The Kier molecular flexibility index (Phi) is 5.54. The fourth-order valence-electron chi connectivity index (χ4n) is 2.80. The molecule has 0 radical (unpaired) electrons. The molecule has 158 valence electrons. The Morgan fingerprint density at radius 1 is 1.13 bits per heavy atom. The third kappa shape index (κ3) is 4.64. The first-order valence-electron chi connectivity index (χ1n) is 8.93. The number of carbonyl (C=O) groups excluding carboxylic acids is 2. The molecule has 12 heteroatoms. The average Bonchev–Trinajstić information content (AvgIpc) is 3.37. The van der Waals surface area contributed by atoms with Crippen LogP contribution in [0.4, 0.5) is 13.9 Å². The molecule has 2 aromatic heterocycles. The van der Waals surface area contributed by atoms with Crippen LogP contribution in [0, 0.1) is 0 Å². The van der Waals surface area contributed by atoms with Crippen molar-refractivity contribution in [2.75, 3.05) is 5.73 Å². The largest absolute Gasteiger partial charge is 0.375 e. The van der Waals surface area contributed by atoms with Gasteiger partial charge in [0.05, 0.1) is 23.0 Å². The molecule has 2 heterocycles. The van der Waals surface area contributed by atoms with Crippen molar-refractivity contribution in [2.45, 2.75) is 13.0 Å². The van der Waals surface area contributed by atoms with Crippen LogP contribution in [-0.2, 0) is 11.3 Å². The second-order valence-corrected chi connectivity index (χ2v) is 7.54. The standard InChI is InChI=1S/C19H15F2N7O2S/c20-16(21)18(30)26-25-17(29)11-3-1-10(2-4-11)8-28-9-14(24-27-28)12-5-6-13-15(7-12)31-19(22)23-13/h1-7,9,16H,8H2,(H2,22,23)(H,25,29)(H,26,30). The van der Waals surface area contributed by atoms with E-state index in [4.69, 9.17) is 5.73 Å². The predicted octanol–water partition coefficient (Wildman–Crippen LogP) is 2.21. The van der Waals surface area contributed by atoms with Gasteiger partial charge in [-0.3, -0.25) is 20.4 Å². The number of nitrogens with two attached hydrogens (primary N) is 1. The van der Waals surface area contributed by atoms with E-state index in [1.807, 2.05) is 23.6 Å². The number of fused-ring (bicyclic) bond motifs is 1. The van der Waals surface area contributed by atoms with Gasteiger partial charge in [0.25, 0.3) is 5.91 Å². The normalized spacial score (nSPS) is 11.1. The lowest BCUT2D eigenvalue weighted by atomic mass is 10.1. The molecule has 0 fully saturated rings. The van der Waals surface area contributed by atoms with Gasteiger partial charge in [0.15, 0.2) is 5.13 Å². The van der Waals surface area contributed by atoms with Crippen molar-refractivity contribution >= 4 is 38.5 Å². The number of nitrogen functional groups attached to an aromatic ring is 1. The van der Waals surface area contributed by atoms with E-state index in [0.29, 0.717) is 17.4 Å². The lowest BCUT2D eigenvalue weighted by molar-refractivity contribution is -0.132. The van der Waals surface area contributed by atoms with Crippen LogP contribution in [0.25, 0.3) is 21.5 Å². The summed E-state index contributed by atoms with van der Waals surface area (Å²) in [7, 11) is 0. The topological polar surface area (TPSA) is 128 Å². The molecule has 2 aromatic carbocycles. The molecule has 31 heavy (non-hydrogen) atoms. The van der Waals surface area contributed by atoms with Crippen molar-refractivity contribution in [3.63, 3.8) is 0 Å². The van der Waals surface area contributed by atoms with Gasteiger partial charge in [-0.25, -0.2) is 9.67 Å². The minimum Gasteiger partial charge on any atom is -0.375 e. The molecule has 0 aliphatic carbocycles. The summed E-state index contributed by atoms with van der Waals surface area (Å²) < 4.78 is 26.9. The number of aromatic nitrogens is 4. The first-order valence-corrected chi connectivity index (χ1v) is 9.74. The zero-order chi connectivity index (χ0) is 22.0. The number of hydrogen-bond donors (Lipinski definition) is 3. The number of thiazole rings is 1. The zero-order valence-electron chi connectivity index (χ0n) is 15.8. The molecule has 4 rings (SSSR count). The van der Waals surface area contributed by atoms with Gasteiger partial charge in [0.1, 0.15) is 5.69 Å². The van der Waals surface area contributed by atoms with Crippen LogP contribution in [0.15, 0.2) is 48.7 Å². The van der Waals surface area contributed by atoms with E-state index in [1.165, 1.54) is 23.5 Å². The molecule has 9 nitrogen and oxygen atoms in total. The highest BCUT2D eigenvalue weighted by atomic mass is 32.1. The van der Waals surface area contributed by atoms with E-state index in [-0.39, 0.29) is 5.56 Å². The van der Waals surface area contributed by atoms with Crippen LogP contribution >= 0.6 is 11.3 Å². The van der Waals surface area contributed by atoms with E-state index in [1.54, 1.807) is 28.4 Å². The molecule has 0 saturated heterocycles. The number of amides is 2. The average molecular weight is 443 g/mol. The molecule has 0 saturated carbocycles. The third-order valence-electron chi connectivity index (χ3n) is 4.30. The number of nitrogens with zero attached hydrogens (tertiary/aromatic N) is 4. The molecular weight excluding hydrogens is 428 g/mol. The smallest absolute Gasteiger partial charge is 0.317 e. The van der Waals surface area contributed by atoms with Crippen LogP contribution in [0.3, 0.4) is 0 Å². The van der Waals surface area contributed by atoms with E-state index in [9.17, 15) is 18.4 Å².